The lowest BCUT2D eigenvalue weighted by Gasteiger charge is -2.11. The summed E-state index contributed by atoms with van der Waals surface area (Å²) in [6.07, 6.45) is 0. The number of carbonyl (C=O) groups is 1. The summed E-state index contributed by atoms with van der Waals surface area (Å²) in [4.78, 5) is 12.1. The topological polar surface area (TPSA) is 50.4 Å². The van der Waals surface area contributed by atoms with Gasteiger partial charge in [-0.25, -0.2) is 4.39 Å². The second kappa shape index (κ2) is 9.76. The van der Waals surface area contributed by atoms with Gasteiger partial charge in [0.2, 0.25) is 0 Å². The summed E-state index contributed by atoms with van der Waals surface area (Å²) in [5, 5.41) is 6.56. The van der Waals surface area contributed by atoms with Gasteiger partial charge in [-0.05, 0) is 82.5 Å². The fourth-order valence-electron chi connectivity index (χ4n) is 2.55. The number of ether oxygens (including phenoxy) is 1. The highest BCUT2D eigenvalue weighted by molar-refractivity contribution is 9.10. The van der Waals surface area contributed by atoms with E-state index in [4.69, 9.17) is 16.3 Å². The number of halogens is 3. The third-order valence-electron chi connectivity index (χ3n) is 4.15. The Labute approximate surface area is 182 Å². The van der Waals surface area contributed by atoms with Crippen LogP contribution >= 0.6 is 27.5 Å². The highest BCUT2D eigenvalue weighted by atomic mass is 79.9. The predicted octanol–water partition coefficient (Wildman–Crippen LogP) is 6.18. The van der Waals surface area contributed by atoms with Crippen molar-refractivity contribution in [3.63, 3.8) is 0 Å². The monoisotopic (exact) mass is 476 g/mol. The molecule has 3 aromatic rings. The first-order valence-corrected chi connectivity index (χ1v) is 10.0. The smallest absolute Gasteiger partial charge is 0.262 e. The SMILES string of the molecule is Cc1ccc(NC(=O)COc2ccc(CNc3ccc(F)cc3)cc2Br)cc1Cl. The molecule has 3 aromatic carbocycles. The second-order valence-corrected chi connectivity index (χ2v) is 7.69. The van der Waals surface area contributed by atoms with Gasteiger partial charge < -0.3 is 15.4 Å². The number of amides is 1. The van der Waals surface area contributed by atoms with Crippen LogP contribution in [0.1, 0.15) is 11.1 Å². The minimum Gasteiger partial charge on any atom is -0.483 e. The molecule has 0 aliphatic heterocycles. The van der Waals surface area contributed by atoms with Gasteiger partial charge in [-0.1, -0.05) is 23.7 Å². The molecule has 150 valence electrons. The highest BCUT2D eigenvalue weighted by Crippen LogP contribution is 2.27. The lowest BCUT2D eigenvalue weighted by atomic mass is 10.2. The quantitative estimate of drug-likeness (QED) is 0.427. The number of hydrogen-bond acceptors (Lipinski definition) is 3. The predicted molar refractivity (Wildman–Crippen MR) is 118 cm³/mol. The van der Waals surface area contributed by atoms with E-state index in [9.17, 15) is 9.18 Å². The van der Waals surface area contributed by atoms with Gasteiger partial charge in [0.25, 0.3) is 5.91 Å². The molecule has 1 amide bonds. The van der Waals surface area contributed by atoms with Crippen molar-refractivity contribution < 1.29 is 13.9 Å². The van der Waals surface area contributed by atoms with E-state index < -0.39 is 0 Å². The zero-order valence-corrected chi connectivity index (χ0v) is 18.0. The summed E-state index contributed by atoms with van der Waals surface area (Å²) in [5.41, 5.74) is 3.40. The summed E-state index contributed by atoms with van der Waals surface area (Å²) < 4.78 is 19.3. The molecule has 0 spiro atoms. The zero-order chi connectivity index (χ0) is 20.8. The van der Waals surface area contributed by atoms with Crippen LogP contribution in [0, 0.1) is 12.7 Å². The first-order chi connectivity index (χ1) is 13.9. The van der Waals surface area contributed by atoms with Crippen LogP contribution in [-0.2, 0) is 11.3 Å². The van der Waals surface area contributed by atoms with Crippen molar-refractivity contribution >= 4 is 44.8 Å². The van der Waals surface area contributed by atoms with Crippen LogP contribution < -0.4 is 15.4 Å². The van der Waals surface area contributed by atoms with E-state index in [0.717, 1.165) is 21.3 Å². The molecule has 0 aromatic heterocycles. The number of aryl methyl sites for hydroxylation is 1. The molecular weight excluding hydrogens is 459 g/mol. The van der Waals surface area contributed by atoms with Crippen LogP contribution in [0.3, 0.4) is 0 Å². The fraction of sp³-hybridized carbons (Fsp3) is 0.136. The van der Waals surface area contributed by atoms with Crippen molar-refractivity contribution in [3.8, 4) is 5.75 Å². The van der Waals surface area contributed by atoms with Crippen molar-refractivity contribution in [1.82, 2.24) is 0 Å². The molecule has 0 aliphatic carbocycles. The lowest BCUT2D eigenvalue weighted by molar-refractivity contribution is -0.118. The Balaban J connectivity index is 1.52. The fourth-order valence-corrected chi connectivity index (χ4v) is 3.28. The molecular formula is C22H19BrClFN2O2. The summed E-state index contributed by atoms with van der Waals surface area (Å²) in [6, 6.07) is 17.1. The minimum absolute atomic E-state index is 0.128. The third kappa shape index (κ3) is 6.21. The molecule has 7 heteroatoms. The van der Waals surface area contributed by atoms with Gasteiger partial charge in [0.15, 0.2) is 6.61 Å². The molecule has 2 N–H and O–H groups in total. The third-order valence-corrected chi connectivity index (χ3v) is 5.18. The number of rotatable bonds is 7. The summed E-state index contributed by atoms with van der Waals surface area (Å²) in [7, 11) is 0. The molecule has 29 heavy (non-hydrogen) atoms. The van der Waals surface area contributed by atoms with E-state index in [2.05, 4.69) is 26.6 Å². The first-order valence-electron chi connectivity index (χ1n) is 8.87. The normalized spacial score (nSPS) is 10.5. The van der Waals surface area contributed by atoms with Crippen LogP contribution in [0.5, 0.6) is 5.75 Å². The average Bonchev–Trinajstić information content (AvgIpc) is 2.69. The molecule has 0 saturated heterocycles. The van der Waals surface area contributed by atoms with E-state index in [1.165, 1.54) is 12.1 Å². The number of carbonyl (C=O) groups excluding carboxylic acids is 1. The standard InChI is InChI=1S/C22H19BrClFN2O2/c1-14-2-6-18(11-20(14)24)27-22(28)13-29-21-9-3-15(10-19(21)23)12-26-17-7-4-16(25)5-8-17/h2-11,26H,12-13H2,1H3,(H,27,28). The first kappa shape index (κ1) is 21.1. The van der Waals surface area contributed by atoms with Crippen molar-refractivity contribution in [2.75, 3.05) is 17.2 Å². The summed E-state index contributed by atoms with van der Waals surface area (Å²) in [6.45, 7) is 2.34. The Morgan fingerprint density at radius 2 is 1.79 bits per heavy atom. The maximum atomic E-state index is 13.0. The molecule has 0 aliphatic rings. The van der Waals surface area contributed by atoms with Crippen molar-refractivity contribution in [3.05, 3.63) is 87.1 Å². The van der Waals surface area contributed by atoms with E-state index in [-0.39, 0.29) is 18.3 Å². The lowest BCUT2D eigenvalue weighted by Crippen LogP contribution is -2.20. The minimum atomic E-state index is -0.279. The molecule has 0 atom stereocenters. The van der Waals surface area contributed by atoms with E-state index >= 15 is 0 Å². The van der Waals surface area contributed by atoms with E-state index in [1.54, 1.807) is 30.3 Å². The van der Waals surface area contributed by atoms with Crippen LogP contribution in [0.4, 0.5) is 15.8 Å². The van der Waals surface area contributed by atoms with Gasteiger partial charge in [-0.2, -0.15) is 0 Å². The van der Waals surface area contributed by atoms with Gasteiger partial charge in [-0.15, -0.1) is 0 Å². The molecule has 4 nitrogen and oxygen atoms in total. The Morgan fingerprint density at radius 3 is 2.48 bits per heavy atom. The average molecular weight is 478 g/mol. The second-order valence-electron chi connectivity index (χ2n) is 6.43. The molecule has 0 heterocycles. The van der Waals surface area contributed by atoms with Crippen LogP contribution in [-0.4, -0.2) is 12.5 Å². The maximum absolute atomic E-state index is 13.0. The van der Waals surface area contributed by atoms with E-state index in [1.807, 2.05) is 25.1 Å². The largest absolute Gasteiger partial charge is 0.483 e. The van der Waals surface area contributed by atoms with Crippen molar-refractivity contribution in [2.24, 2.45) is 0 Å². The van der Waals surface area contributed by atoms with Gasteiger partial charge >= 0.3 is 0 Å². The van der Waals surface area contributed by atoms with Gasteiger partial charge in [0.05, 0.1) is 4.47 Å². The number of benzene rings is 3. The molecule has 0 unspecified atom stereocenters. The van der Waals surface area contributed by atoms with Crippen molar-refractivity contribution in [1.29, 1.82) is 0 Å². The maximum Gasteiger partial charge on any atom is 0.262 e. The summed E-state index contributed by atoms with van der Waals surface area (Å²) in [5.74, 6) is 0.0146. The molecule has 0 fully saturated rings. The zero-order valence-electron chi connectivity index (χ0n) is 15.6. The van der Waals surface area contributed by atoms with Crippen LogP contribution in [0.15, 0.2) is 65.1 Å². The van der Waals surface area contributed by atoms with Gasteiger partial charge in [0, 0.05) is 22.9 Å². The van der Waals surface area contributed by atoms with Crippen LogP contribution in [0.25, 0.3) is 0 Å². The molecule has 0 saturated carbocycles. The van der Waals surface area contributed by atoms with Crippen molar-refractivity contribution in [2.45, 2.75) is 13.5 Å². The number of anilines is 2. The highest BCUT2D eigenvalue weighted by Gasteiger charge is 2.08. The summed E-state index contributed by atoms with van der Waals surface area (Å²) >= 11 is 9.53. The Kier molecular flexibility index (Phi) is 7.12. The van der Waals surface area contributed by atoms with E-state index in [0.29, 0.717) is 23.0 Å². The number of hydrogen-bond donors (Lipinski definition) is 2. The van der Waals surface area contributed by atoms with Gasteiger partial charge in [0.1, 0.15) is 11.6 Å². The van der Waals surface area contributed by atoms with Crippen LogP contribution in [0.2, 0.25) is 5.02 Å². The Morgan fingerprint density at radius 1 is 1.07 bits per heavy atom. The molecule has 0 bridgehead atoms. The number of nitrogens with one attached hydrogen (secondary N) is 2. The van der Waals surface area contributed by atoms with Gasteiger partial charge in [-0.3, -0.25) is 4.79 Å². The Bertz CT molecular complexity index is 1010. The molecule has 3 rings (SSSR count). The molecule has 0 radical (unpaired) electrons. The Hall–Kier alpha value is -2.57.